The van der Waals surface area contributed by atoms with Crippen LogP contribution in [-0.4, -0.2) is 29.0 Å². The van der Waals surface area contributed by atoms with Crippen molar-refractivity contribution in [3.05, 3.63) is 51.7 Å². The Morgan fingerprint density at radius 1 is 1.30 bits per heavy atom. The molecule has 1 aromatic carbocycles. The average molecular weight is 330 g/mol. The van der Waals surface area contributed by atoms with Crippen LogP contribution in [0.25, 0.3) is 0 Å². The molecule has 0 fully saturated rings. The molecule has 2 aromatic rings. The number of hydrogen-bond donors (Lipinski definition) is 2. The van der Waals surface area contributed by atoms with Crippen molar-refractivity contribution < 1.29 is 24.4 Å². The number of hydrogen-bond acceptors (Lipinski definition) is 5. The van der Waals surface area contributed by atoms with Gasteiger partial charge in [0.05, 0.1) is 5.56 Å². The lowest BCUT2D eigenvalue weighted by molar-refractivity contribution is -0.118. The molecule has 1 atom stereocenters. The molecule has 0 aliphatic carbocycles. The first kappa shape index (κ1) is 15.8. The molecule has 1 aliphatic rings. The van der Waals surface area contributed by atoms with Gasteiger partial charge in [-0.05, 0) is 29.5 Å². The Hall–Kier alpha value is -2.12. The number of carbonyl (C=O) groups is 2. The summed E-state index contributed by atoms with van der Waals surface area (Å²) in [7, 11) is -1.17. The number of ketones is 1. The van der Waals surface area contributed by atoms with Crippen LogP contribution in [-0.2, 0) is 17.6 Å². The number of carboxylic acids is 1. The number of carbonyl (C=O) groups excluding carboxylic acids is 1. The van der Waals surface area contributed by atoms with Gasteiger partial charge in [-0.2, -0.15) is 0 Å². The third kappa shape index (κ3) is 3.46. The van der Waals surface area contributed by atoms with Gasteiger partial charge < -0.3 is 14.8 Å². The first-order valence-electron chi connectivity index (χ1n) is 7.28. The van der Waals surface area contributed by atoms with E-state index in [1.54, 1.807) is 12.1 Å². The maximum absolute atomic E-state index is 12.2. The Labute approximate surface area is 137 Å². The smallest absolute Gasteiger partial charge is 0.526 e. The molecule has 3 rings (SSSR count). The summed E-state index contributed by atoms with van der Waals surface area (Å²) in [6.07, 6.45) is 0.979. The number of thiophene rings is 1. The van der Waals surface area contributed by atoms with Gasteiger partial charge in [-0.25, -0.2) is 4.79 Å². The number of rotatable bonds is 5. The van der Waals surface area contributed by atoms with Crippen LogP contribution in [0.2, 0.25) is 5.82 Å². The fraction of sp³-hybridized carbons (Fsp3) is 0.250. The number of carboxylic acid groups (broad SMARTS) is 1. The molecule has 1 aromatic heterocycles. The largest absolute Gasteiger partial charge is 0.535 e. The van der Waals surface area contributed by atoms with Crippen LogP contribution in [0.5, 0.6) is 5.75 Å². The zero-order chi connectivity index (χ0) is 16.4. The van der Waals surface area contributed by atoms with E-state index >= 15 is 0 Å². The van der Waals surface area contributed by atoms with E-state index in [9.17, 15) is 14.6 Å². The van der Waals surface area contributed by atoms with E-state index in [1.165, 1.54) is 17.4 Å². The lowest BCUT2D eigenvalue weighted by Crippen LogP contribution is -2.36. The predicted octanol–water partition coefficient (Wildman–Crippen LogP) is 2.43. The summed E-state index contributed by atoms with van der Waals surface area (Å²) in [5.41, 5.74) is 0.744. The minimum absolute atomic E-state index is 0.0323. The number of fused-ring (bicyclic) bond motifs is 1. The normalized spacial score (nSPS) is 16.6. The SMILES string of the molecule is O=C(Cc1cccs1)C[C@H]1Cc2cccc(C(=O)O)c2OB1O. The third-order valence-electron chi connectivity index (χ3n) is 3.89. The van der Waals surface area contributed by atoms with Crippen molar-refractivity contribution in [1.82, 2.24) is 0 Å². The molecule has 5 nitrogen and oxygen atoms in total. The molecule has 0 spiro atoms. The molecule has 2 N–H and O–H groups in total. The second-order valence-corrected chi connectivity index (χ2v) is 6.60. The molecule has 0 amide bonds. The van der Waals surface area contributed by atoms with Crippen molar-refractivity contribution in [3.63, 3.8) is 0 Å². The highest BCUT2D eigenvalue weighted by Crippen LogP contribution is 2.36. The summed E-state index contributed by atoms with van der Waals surface area (Å²) in [5, 5.41) is 21.2. The zero-order valence-electron chi connectivity index (χ0n) is 12.3. The molecular weight excluding hydrogens is 315 g/mol. The summed E-state index contributed by atoms with van der Waals surface area (Å²) >= 11 is 1.53. The van der Waals surface area contributed by atoms with Crippen LogP contribution in [0.3, 0.4) is 0 Å². The Morgan fingerprint density at radius 3 is 2.83 bits per heavy atom. The van der Waals surface area contributed by atoms with Crippen LogP contribution in [0, 0.1) is 0 Å². The van der Waals surface area contributed by atoms with Crippen LogP contribution >= 0.6 is 11.3 Å². The van der Waals surface area contributed by atoms with Crippen molar-refractivity contribution in [1.29, 1.82) is 0 Å². The van der Waals surface area contributed by atoms with E-state index in [4.69, 9.17) is 9.76 Å². The number of para-hydroxylation sites is 1. The quantitative estimate of drug-likeness (QED) is 0.823. The third-order valence-corrected chi connectivity index (χ3v) is 4.77. The fourth-order valence-electron chi connectivity index (χ4n) is 2.80. The summed E-state index contributed by atoms with van der Waals surface area (Å²) < 4.78 is 5.40. The van der Waals surface area contributed by atoms with Gasteiger partial charge in [0.2, 0.25) is 0 Å². The monoisotopic (exact) mass is 330 g/mol. The molecule has 0 saturated carbocycles. The maximum Gasteiger partial charge on any atom is 0.526 e. The maximum atomic E-state index is 12.2. The Morgan fingerprint density at radius 2 is 2.13 bits per heavy atom. The van der Waals surface area contributed by atoms with E-state index in [1.807, 2.05) is 17.5 Å². The van der Waals surface area contributed by atoms with Crippen LogP contribution in [0.4, 0.5) is 0 Å². The van der Waals surface area contributed by atoms with Crippen molar-refractivity contribution >= 4 is 30.2 Å². The van der Waals surface area contributed by atoms with Gasteiger partial charge in [-0.1, -0.05) is 18.2 Å². The van der Waals surface area contributed by atoms with Crippen LogP contribution in [0.15, 0.2) is 35.7 Å². The standard InChI is InChI=1S/C16H15BO5S/c18-12(9-13-4-2-6-23-13)8-11-7-10-3-1-5-14(16(19)20)15(10)22-17(11)21/h1-6,11,21H,7-9H2,(H,19,20)/t11-/m1/s1. The van der Waals surface area contributed by atoms with Gasteiger partial charge in [0, 0.05) is 23.5 Å². The highest BCUT2D eigenvalue weighted by molar-refractivity contribution is 7.10. The number of Topliss-reactive ketones (excluding diaryl/α,β-unsaturated/α-hetero) is 1. The molecule has 0 bridgehead atoms. The van der Waals surface area contributed by atoms with Gasteiger partial charge in [0.1, 0.15) is 11.5 Å². The molecular formula is C16H15BO5S. The second kappa shape index (κ2) is 6.56. The van der Waals surface area contributed by atoms with Gasteiger partial charge in [-0.15, -0.1) is 11.3 Å². The Bertz CT molecular complexity index is 728. The topological polar surface area (TPSA) is 83.8 Å². The van der Waals surface area contributed by atoms with Crippen molar-refractivity contribution in [2.24, 2.45) is 0 Å². The molecule has 0 unspecified atom stereocenters. The first-order valence-corrected chi connectivity index (χ1v) is 8.16. The summed E-state index contributed by atoms with van der Waals surface area (Å²) in [6, 6.07) is 8.66. The van der Waals surface area contributed by atoms with E-state index in [2.05, 4.69) is 0 Å². The van der Waals surface area contributed by atoms with Gasteiger partial charge >= 0.3 is 13.1 Å². The summed E-state index contributed by atoms with van der Waals surface area (Å²) in [4.78, 5) is 24.4. The highest BCUT2D eigenvalue weighted by Gasteiger charge is 2.37. The molecule has 2 heterocycles. The molecule has 118 valence electrons. The van der Waals surface area contributed by atoms with Crippen LogP contribution in [0.1, 0.15) is 27.2 Å². The number of aromatic carboxylic acids is 1. The Balaban J connectivity index is 1.72. The molecule has 0 saturated heterocycles. The summed E-state index contributed by atoms with van der Waals surface area (Å²) in [5.74, 6) is -1.22. The van der Waals surface area contributed by atoms with E-state index in [0.717, 1.165) is 4.88 Å². The van der Waals surface area contributed by atoms with E-state index in [0.29, 0.717) is 18.4 Å². The van der Waals surface area contributed by atoms with Gasteiger partial charge in [0.15, 0.2) is 0 Å². The predicted molar refractivity (Wildman–Crippen MR) is 87.1 cm³/mol. The minimum atomic E-state index is -1.17. The molecule has 0 radical (unpaired) electrons. The highest BCUT2D eigenvalue weighted by atomic mass is 32.1. The lowest BCUT2D eigenvalue weighted by atomic mass is 9.64. The first-order chi connectivity index (χ1) is 11.0. The minimum Gasteiger partial charge on any atom is -0.535 e. The second-order valence-electron chi connectivity index (χ2n) is 5.57. The molecule has 1 aliphatic heterocycles. The Kier molecular flexibility index (Phi) is 4.50. The zero-order valence-corrected chi connectivity index (χ0v) is 13.1. The van der Waals surface area contributed by atoms with Crippen molar-refractivity contribution in [2.45, 2.75) is 25.1 Å². The van der Waals surface area contributed by atoms with Crippen LogP contribution < -0.4 is 4.65 Å². The lowest BCUT2D eigenvalue weighted by Gasteiger charge is -2.27. The van der Waals surface area contributed by atoms with E-state index in [-0.39, 0.29) is 29.3 Å². The molecule has 7 heteroatoms. The van der Waals surface area contributed by atoms with Crippen molar-refractivity contribution in [2.75, 3.05) is 0 Å². The van der Waals surface area contributed by atoms with E-state index < -0.39 is 13.1 Å². The summed E-state index contributed by atoms with van der Waals surface area (Å²) in [6.45, 7) is 0. The van der Waals surface area contributed by atoms with Gasteiger partial charge in [0.25, 0.3) is 0 Å². The van der Waals surface area contributed by atoms with Gasteiger partial charge in [-0.3, -0.25) is 4.79 Å². The number of benzene rings is 1. The average Bonchev–Trinajstić information content (AvgIpc) is 3.00. The van der Waals surface area contributed by atoms with Crippen molar-refractivity contribution in [3.8, 4) is 5.75 Å². The molecule has 23 heavy (non-hydrogen) atoms. The fourth-order valence-corrected chi connectivity index (χ4v) is 3.53.